The predicted octanol–water partition coefficient (Wildman–Crippen LogP) is 6.67. The number of hydrogen-bond donors (Lipinski definition) is 0. The minimum absolute atomic E-state index is 0.669. The number of fused-ring (bicyclic) bond motifs is 6. The van der Waals surface area contributed by atoms with Gasteiger partial charge in [0.1, 0.15) is 0 Å². The molecular weight excluding hydrogens is 364 g/mol. The molecule has 2 atom stereocenters. The molecule has 30 heavy (non-hydrogen) atoms. The first-order valence-corrected chi connectivity index (χ1v) is 12.3. The maximum Gasteiger partial charge on any atom is 0.0486 e. The molecule has 1 aliphatic carbocycles. The summed E-state index contributed by atoms with van der Waals surface area (Å²) in [5.74, 6) is 0. The summed E-state index contributed by atoms with van der Waals surface area (Å²) in [6.07, 6.45) is 13.6. The molecule has 0 N–H and O–H groups in total. The van der Waals surface area contributed by atoms with Crippen molar-refractivity contribution < 1.29 is 0 Å². The highest BCUT2D eigenvalue weighted by atomic mass is 15.3. The van der Waals surface area contributed by atoms with Crippen LogP contribution in [-0.2, 0) is 19.4 Å². The van der Waals surface area contributed by atoms with Gasteiger partial charge in [-0.2, -0.15) is 0 Å². The predicted molar refractivity (Wildman–Crippen MR) is 125 cm³/mol. The van der Waals surface area contributed by atoms with Gasteiger partial charge in [-0.25, -0.2) is 0 Å². The first-order valence-electron chi connectivity index (χ1n) is 12.3. The van der Waals surface area contributed by atoms with Crippen LogP contribution in [-0.4, -0.2) is 21.6 Å². The fourth-order valence-electron chi connectivity index (χ4n) is 6.88. The van der Waals surface area contributed by atoms with E-state index in [2.05, 4.69) is 64.1 Å². The maximum absolute atomic E-state index is 2.99. The molecule has 0 radical (unpaired) electrons. The molecule has 3 heterocycles. The van der Waals surface area contributed by atoms with Gasteiger partial charge in [-0.1, -0.05) is 67.8 Å². The third-order valence-electron chi connectivity index (χ3n) is 8.13. The molecule has 3 aliphatic rings. The smallest absolute Gasteiger partial charge is 0.0486 e. The zero-order valence-electron chi connectivity index (χ0n) is 18.1. The molecule has 2 fully saturated rings. The molecule has 2 nitrogen and oxygen atoms in total. The summed E-state index contributed by atoms with van der Waals surface area (Å²) in [5.41, 5.74) is 6.31. The van der Waals surface area contributed by atoms with Crippen molar-refractivity contribution in [3.05, 3.63) is 71.4 Å². The average molecular weight is 399 g/mol. The molecule has 2 aliphatic heterocycles. The van der Waals surface area contributed by atoms with Gasteiger partial charge in [0.15, 0.2) is 0 Å². The van der Waals surface area contributed by atoms with E-state index in [1.54, 1.807) is 16.6 Å². The average Bonchev–Trinajstić information content (AvgIpc) is 3.29. The fourth-order valence-corrected chi connectivity index (χ4v) is 6.88. The maximum atomic E-state index is 2.99. The Kier molecular flexibility index (Phi) is 4.91. The second-order valence-corrected chi connectivity index (χ2v) is 9.81. The Balaban J connectivity index is 1.33. The zero-order chi connectivity index (χ0) is 19.9. The van der Waals surface area contributed by atoms with Gasteiger partial charge in [0.05, 0.1) is 0 Å². The summed E-state index contributed by atoms with van der Waals surface area (Å²) < 4.78 is 2.71. The summed E-state index contributed by atoms with van der Waals surface area (Å²) in [4.78, 5) is 2.99. The molecule has 1 saturated carbocycles. The van der Waals surface area contributed by atoms with Crippen LogP contribution in [0.1, 0.15) is 74.2 Å². The minimum Gasteiger partial charge on any atom is -0.344 e. The van der Waals surface area contributed by atoms with Gasteiger partial charge in [0.25, 0.3) is 0 Å². The molecule has 2 heteroatoms. The van der Waals surface area contributed by atoms with Crippen LogP contribution in [0.2, 0.25) is 0 Å². The molecule has 1 saturated heterocycles. The summed E-state index contributed by atoms with van der Waals surface area (Å²) in [6.45, 7) is 1.15. The van der Waals surface area contributed by atoms with E-state index in [-0.39, 0.29) is 0 Å². The highest BCUT2D eigenvalue weighted by Gasteiger charge is 2.45. The summed E-state index contributed by atoms with van der Waals surface area (Å²) in [6, 6.07) is 22.5. The van der Waals surface area contributed by atoms with Gasteiger partial charge in [0.2, 0.25) is 0 Å². The second-order valence-electron chi connectivity index (χ2n) is 9.81. The molecule has 6 rings (SSSR count). The molecule has 2 unspecified atom stereocenters. The van der Waals surface area contributed by atoms with Crippen LogP contribution in [0.4, 0.5) is 0 Å². The highest BCUT2D eigenvalue weighted by Crippen LogP contribution is 2.50. The Bertz CT molecular complexity index is 1010. The van der Waals surface area contributed by atoms with Crippen molar-refractivity contribution in [2.24, 2.45) is 0 Å². The van der Waals surface area contributed by atoms with Crippen LogP contribution < -0.4 is 0 Å². The number of rotatable bonds is 5. The minimum atomic E-state index is 0.669. The molecule has 2 bridgehead atoms. The van der Waals surface area contributed by atoms with Crippen molar-refractivity contribution in [1.82, 2.24) is 9.47 Å². The second kappa shape index (κ2) is 7.89. The Hall–Kier alpha value is -2.06. The Morgan fingerprint density at radius 2 is 1.57 bits per heavy atom. The van der Waals surface area contributed by atoms with E-state index >= 15 is 0 Å². The molecule has 0 spiro atoms. The third-order valence-corrected chi connectivity index (χ3v) is 8.13. The van der Waals surface area contributed by atoms with Gasteiger partial charge >= 0.3 is 0 Å². The highest BCUT2D eigenvalue weighted by molar-refractivity contribution is 5.86. The lowest BCUT2D eigenvalue weighted by Crippen LogP contribution is -2.45. The van der Waals surface area contributed by atoms with Crippen molar-refractivity contribution in [2.45, 2.75) is 88.9 Å². The van der Waals surface area contributed by atoms with E-state index < -0.39 is 0 Å². The van der Waals surface area contributed by atoms with Crippen molar-refractivity contribution in [3.63, 3.8) is 0 Å². The van der Waals surface area contributed by atoms with E-state index in [0.29, 0.717) is 6.04 Å². The van der Waals surface area contributed by atoms with E-state index in [9.17, 15) is 0 Å². The molecule has 2 aromatic carbocycles. The lowest BCUT2D eigenvalue weighted by atomic mass is 9.89. The Morgan fingerprint density at radius 1 is 0.767 bits per heavy atom. The Morgan fingerprint density at radius 3 is 2.43 bits per heavy atom. The molecule has 1 aromatic heterocycles. The number of para-hydroxylation sites is 1. The largest absolute Gasteiger partial charge is 0.344 e. The van der Waals surface area contributed by atoms with Gasteiger partial charge in [-0.05, 0) is 55.7 Å². The van der Waals surface area contributed by atoms with Gasteiger partial charge in [-0.3, -0.25) is 4.90 Å². The van der Waals surface area contributed by atoms with E-state index in [0.717, 1.165) is 18.6 Å². The van der Waals surface area contributed by atoms with E-state index in [1.807, 2.05) is 0 Å². The number of benzene rings is 2. The SMILES string of the molecule is c1ccc(CCCn2c3c(c4ccccc42)C2CCC(C3)N2C2CCCCC2)cc1. The quantitative estimate of drug-likeness (QED) is 0.466. The van der Waals surface area contributed by atoms with E-state index in [1.165, 1.54) is 75.3 Å². The van der Waals surface area contributed by atoms with Gasteiger partial charge in [-0.15, -0.1) is 0 Å². The fraction of sp³-hybridized carbons (Fsp3) is 0.500. The van der Waals surface area contributed by atoms with Crippen molar-refractivity contribution in [2.75, 3.05) is 0 Å². The first kappa shape index (κ1) is 18.7. The zero-order valence-corrected chi connectivity index (χ0v) is 18.1. The molecule has 0 amide bonds. The normalized spacial score (nSPS) is 24.4. The molecular formula is C28H34N2. The van der Waals surface area contributed by atoms with Gasteiger partial charge < -0.3 is 4.57 Å². The lowest BCUT2D eigenvalue weighted by Gasteiger charge is -2.43. The molecule has 3 aromatic rings. The summed E-state index contributed by atoms with van der Waals surface area (Å²) in [7, 11) is 0. The van der Waals surface area contributed by atoms with Crippen LogP contribution in [0.25, 0.3) is 10.9 Å². The van der Waals surface area contributed by atoms with Crippen LogP contribution in [0.15, 0.2) is 54.6 Å². The number of aryl methyl sites for hydroxylation is 2. The lowest BCUT2D eigenvalue weighted by molar-refractivity contribution is 0.0875. The summed E-state index contributed by atoms with van der Waals surface area (Å²) >= 11 is 0. The van der Waals surface area contributed by atoms with Crippen molar-refractivity contribution >= 4 is 10.9 Å². The number of hydrogen-bond acceptors (Lipinski definition) is 1. The standard InChI is InChI=1S/C28H34N2/c1-3-10-21(11-4-1)12-9-19-29-25-16-8-7-15-24(25)28-26-18-17-23(20-27(28)29)30(26)22-13-5-2-6-14-22/h1,3-4,7-8,10-11,15-16,22-23,26H,2,5-6,9,12-14,17-20H2. The van der Waals surface area contributed by atoms with Gasteiger partial charge in [0, 0.05) is 47.7 Å². The molecule has 156 valence electrons. The van der Waals surface area contributed by atoms with Crippen molar-refractivity contribution in [1.29, 1.82) is 0 Å². The first-order chi connectivity index (χ1) is 14.9. The summed E-state index contributed by atoms with van der Waals surface area (Å²) in [5, 5.41) is 1.54. The topological polar surface area (TPSA) is 8.17 Å². The third kappa shape index (κ3) is 3.12. The number of aromatic nitrogens is 1. The number of nitrogens with zero attached hydrogens (tertiary/aromatic N) is 2. The van der Waals surface area contributed by atoms with Crippen LogP contribution in [0.5, 0.6) is 0 Å². The van der Waals surface area contributed by atoms with Crippen molar-refractivity contribution in [3.8, 4) is 0 Å². The monoisotopic (exact) mass is 398 g/mol. The van der Waals surface area contributed by atoms with E-state index in [4.69, 9.17) is 0 Å². The Labute approximate surface area is 180 Å². The van der Waals surface area contributed by atoms with Crippen LogP contribution >= 0.6 is 0 Å². The van der Waals surface area contributed by atoms with Crippen LogP contribution in [0.3, 0.4) is 0 Å². The van der Waals surface area contributed by atoms with Crippen LogP contribution in [0, 0.1) is 0 Å².